The Balaban J connectivity index is 2.21. The first-order valence-electron chi connectivity index (χ1n) is 6.87. The van der Waals surface area contributed by atoms with Gasteiger partial charge in [0.25, 0.3) is 5.91 Å². The number of likely N-dealkylation sites (N-methyl/N-ethyl adjacent to an activating group) is 1. The molecule has 0 aliphatic carbocycles. The van der Waals surface area contributed by atoms with E-state index in [1.807, 2.05) is 0 Å². The predicted octanol–water partition coefficient (Wildman–Crippen LogP) is 0.504. The average Bonchev–Trinajstić information content (AvgIpc) is 2.88. The number of amidine groups is 2. The minimum absolute atomic E-state index is 0.0778. The van der Waals surface area contributed by atoms with Gasteiger partial charge in [-0.2, -0.15) is 8.42 Å². The van der Waals surface area contributed by atoms with E-state index in [1.165, 1.54) is 23.7 Å². The van der Waals surface area contributed by atoms with Crippen molar-refractivity contribution in [3.05, 3.63) is 12.2 Å². The van der Waals surface area contributed by atoms with Gasteiger partial charge in [-0.1, -0.05) is 23.9 Å². The monoisotopic (exact) mass is 408 g/mol. The first-order chi connectivity index (χ1) is 11.5. The number of hydrogen-bond donors (Lipinski definition) is 1. The Hall–Kier alpha value is -1.41. The highest BCUT2D eigenvalue weighted by molar-refractivity contribution is 8.16. The zero-order valence-corrected chi connectivity index (χ0v) is 16.0. The lowest BCUT2D eigenvalue weighted by atomic mass is 10.3. The topological polar surface area (TPSA) is 129 Å². The molecule has 0 aromatic heterocycles. The number of nitrogens with zero attached hydrogens (tertiary/aromatic N) is 4. The molecule has 0 spiro atoms. The molecule has 0 radical (unpaired) electrons. The molecular formula is C12H16N4O6S3. The van der Waals surface area contributed by atoms with Crippen LogP contribution in [0.2, 0.25) is 0 Å². The van der Waals surface area contributed by atoms with Gasteiger partial charge in [0, 0.05) is 13.6 Å². The lowest BCUT2D eigenvalue weighted by Gasteiger charge is -2.15. The number of rotatable bonds is 5. The van der Waals surface area contributed by atoms with Gasteiger partial charge in [0.1, 0.15) is 0 Å². The van der Waals surface area contributed by atoms with E-state index in [0.29, 0.717) is 23.5 Å². The van der Waals surface area contributed by atoms with E-state index in [9.17, 15) is 18.0 Å². The molecule has 2 aliphatic heterocycles. The summed E-state index contributed by atoms with van der Waals surface area (Å²) in [6.07, 6.45) is 0. The predicted molar refractivity (Wildman–Crippen MR) is 95.2 cm³/mol. The van der Waals surface area contributed by atoms with Gasteiger partial charge >= 0.3 is 10.4 Å². The highest BCUT2D eigenvalue weighted by Crippen LogP contribution is 2.30. The number of carbonyl (C=O) groups excluding carboxylic acids is 2. The average molecular weight is 408 g/mol. The second-order valence-corrected chi connectivity index (χ2v) is 8.66. The van der Waals surface area contributed by atoms with Crippen LogP contribution in [0.5, 0.6) is 0 Å². The van der Waals surface area contributed by atoms with Crippen molar-refractivity contribution in [3.8, 4) is 0 Å². The molecule has 0 aromatic rings. The summed E-state index contributed by atoms with van der Waals surface area (Å²) in [5.41, 5.74) is -0.699. The van der Waals surface area contributed by atoms with Crippen molar-refractivity contribution in [3.63, 3.8) is 0 Å². The van der Waals surface area contributed by atoms with Crippen LogP contribution in [0.15, 0.2) is 22.4 Å². The van der Waals surface area contributed by atoms with Gasteiger partial charge in [-0.3, -0.25) is 23.9 Å². The van der Waals surface area contributed by atoms with Crippen LogP contribution in [0.1, 0.15) is 13.8 Å². The molecule has 2 atom stereocenters. The van der Waals surface area contributed by atoms with Crippen molar-refractivity contribution >= 4 is 56.1 Å². The van der Waals surface area contributed by atoms with Crippen molar-refractivity contribution in [2.75, 3.05) is 13.6 Å². The fourth-order valence-corrected chi connectivity index (χ4v) is 4.36. The molecule has 2 unspecified atom stereocenters. The third-order valence-corrected chi connectivity index (χ3v) is 5.72. The van der Waals surface area contributed by atoms with Gasteiger partial charge in [0.2, 0.25) is 11.3 Å². The number of amides is 2. The largest absolute Gasteiger partial charge is 0.398 e. The first-order valence-corrected chi connectivity index (χ1v) is 10.00. The van der Waals surface area contributed by atoms with Gasteiger partial charge in [-0.25, -0.2) is 4.18 Å². The van der Waals surface area contributed by atoms with Crippen LogP contribution in [0.25, 0.3) is 0 Å². The molecule has 25 heavy (non-hydrogen) atoms. The molecule has 13 heteroatoms. The third kappa shape index (κ3) is 4.82. The lowest BCUT2D eigenvalue weighted by molar-refractivity contribution is -0.129. The summed E-state index contributed by atoms with van der Waals surface area (Å²) in [7, 11) is -3.42. The standard InChI is InChI=1S/C12H16N4O6S3/c1-6(2)5-16-8(17)7(3)23-12(16)14-13-11-15(4)9(18)10(24-11)22-25(19,20)21/h7,10H,1,5H2,2-4H3,(H,19,20,21). The second kappa shape index (κ2) is 7.45. The maximum absolute atomic E-state index is 12.1. The molecule has 2 amide bonds. The summed E-state index contributed by atoms with van der Waals surface area (Å²) < 4.78 is 34.5. The Labute approximate surface area is 153 Å². The highest BCUT2D eigenvalue weighted by Gasteiger charge is 2.40. The van der Waals surface area contributed by atoms with Crippen molar-refractivity contribution in [2.45, 2.75) is 24.5 Å². The quantitative estimate of drug-likeness (QED) is 0.396. The Morgan fingerprint density at radius 2 is 1.88 bits per heavy atom. The van der Waals surface area contributed by atoms with Crippen molar-refractivity contribution in [1.82, 2.24) is 9.80 Å². The molecule has 138 valence electrons. The number of thioether (sulfide) groups is 2. The second-order valence-electron chi connectivity index (χ2n) is 5.28. The fraction of sp³-hybridized carbons (Fsp3) is 0.500. The molecule has 0 aromatic carbocycles. The van der Waals surface area contributed by atoms with E-state index in [0.717, 1.165) is 10.5 Å². The van der Waals surface area contributed by atoms with Crippen LogP contribution < -0.4 is 0 Å². The Morgan fingerprint density at radius 1 is 1.28 bits per heavy atom. The third-order valence-electron chi connectivity index (χ3n) is 3.02. The van der Waals surface area contributed by atoms with E-state index < -0.39 is 21.7 Å². The fourth-order valence-electron chi connectivity index (χ4n) is 1.90. The summed E-state index contributed by atoms with van der Waals surface area (Å²) >= 11 is 1.90. The normalized spacial score (nSPS) is 27.8. The van der Waals surface area contributed by atoms with Crippen LogP contribution in [-0.4, -0.2) is 69.2 Å². The molecule has 10 nitrogen and oxygen atoms in total. The van der Waals surface area contributed by atoms with Gasteiger partial charge in [-0.15, -0.1) is 10.2 Å². The van der Waals surface area contributed by atoms with Gasteiger partial charge < -0.3 is 0 Å². The lowest BCUT2D eigenvalue weighted by Crippen LogP contribution is -2.32. The summed E-state index contributed by atoms with van der Waals surface area (Å²) in [5.74, 6) is -0.827. The smallest absolute Gasteiger partial charge is 0.290 e. The van der Waals surface area contributed by atoms with Gasteiger partial charge in [-0.05, 0) is 25.6 Å². The van der Waals surface area contributed by atoms with E-state index in [4.69, 9.17) is 4.55 Å². The Morgan fingerprint density at radius 3 is 2.44 bits per heavy atom. The first kappa shape index (κ1) is 19.9. The molecule has 2 rings (SSSR count). The van der Waals surface area contributed by atoms with Crippen molar-refractivity contribution in [2.24, 2.45) is 10.2 Å². The molecule has 0 saturated carbocycles. The molecule has 1 N–H and O–H groups in total. The summed E-state index contributed by atoms with van der Waals surface area (Å²) in [4.78, 5) is 26.5. The Bertz CT molecular complexity index is 778. The van der Waals surface area contributed by atoms with Gasteiger partial charge in [0.15, 0.2) is 10.3 Å². The summed E-state index contributed by atoms with van der Waals surface area (Å²) in [6.45, 7) is 7.59. The van der Waals surface area contributed by atoms with Crippen LogP contribution in [0.3, 0.4) is 0 Å². The van der Waals surface area contributed by atoms with Crippen LogP contribution in [-0.2, 0) is 24.2 Å². The minimum atomic E-state index is -4.78. The summed E-state index contributed by atoms with van der Waals surface area (Å²) in [6, 6.07) is 0. The molecule has 2 fully saturated rings. The van der Waals surface area contributed by atoms with E-state index >= 15 is 0 Å². The highest BCUT2D eigenvalue weighted by atomic mass is 32.3. The van der Waals surface area contributed by atoms with Crippen LogP contribution in [0, 0.1) is 0 Å². The molecule has 2 saturated heterocycles. The Kier molecular flexibility index (Phi) is 5.93. The van der Waals surface area contributed by atoms with Crippen molar-refractivity contribution < 1.29 is 26.7 Å². The summed E-state index contributed by atoms with van der Waals surface area (Å²) in [5, 5.41) is 8.04. The zero-order valence-electron chi connectivity index (χ0n) is 13.6. The molecule has 2 aliphatic rings. The molecule has 0 bridgehead atoms. The van der Waals surface area contributed by atoms with E-state index in [1.54, 1.807) is 13.8 Å². The maximum atomic E-state index is 12.1. The van der Waals surface area contributed by atoms with Crippen LogP contribution >= 0.6 is 23.5 Å². The minimum Gasteiger partial charge on any atom is -0.290 e. The van der Waals surface area contributed by atoms with Crippen molar-refractivity contribution in [1.29, 1.82) is 0 Å². The number of hydrogen-bond acceptors (Lipinski definition) is 9. The molecule has 2 heterocycles. The number of carbonyl (C=O) groups is 2. The SMILES string of the molecule is C=C(C)CN1C(=O)C(C)SC1=NN=C1SC(OS(=O)(=O)O)C(=O)N1C. The van der Waals surface area contributed by atoms with Crippen LogP contribution in [0.4, 0.5) is 0 Å². The van der Waals surface area contributed by atoms with E-state index in [2.05, 4.69) is 21.0 Å². The maximum Gasteiger partial charge on any atom is 0.398 e. The zero-order chi connectivity index (χ0) is 18.9. The van der Waals surface area contributed by atoms with E-state index in [-0.39, 0.29) is 16.3 Å². The van der Waals surface area contributed by atoms with Gasteiger partial charge in [0.05, 0.1) is 5.25 Å². The molecular weight excluding hydrogens is 392 g/mol.